The topological polar surface area (TPSA) is 43.1 Å². The summed E-state index contributed by atoms with van der Waals surface area (Å²) >= 11 is 0. The average Bonchev–Trinajstić information content (AvgIpc) is 2.81. The molecule has 1 heterocycles. The van der Waals surface area contributed by atoms with E-state index in [9.17, 15) is 10.1 Å². The van der Waals surface area contributed by atoms with Crippen LogP contribution in [0.1, 0.15) is 30.6 Å². The third-order valence-corrected chi connectivity index (χ3v) is 6.03. The largest absolute Gasteiger partial charge is 0.269 e. The van der Waals surface area contributed by atoms with E-state index in [-0.39, 0.29) is 10.6 Å². The Labute approximate surface area is 98.4 Å². The number of rotatable bonds is 3. The fourth-order valence-corrected chi connectivity index (χ4v) is 4.69. The van der Waals surface area contributed by atoms with Crippen molar-refractivity contribution >= 4 is 16.6 Å². The van der Waals surface area contributed by atoms with E-state index in [2.05, 4.69) is 6.92 Å². The van der Waals surface area contributed by atoms with Crippen LogP contribution in [-0.2, 0) is 10.9 Å². The van der Waals surface area contributed by atoms with E-state index >= 15 is 0 Å². The van der Waals surface area contributed by atoms with Gasteiger partial charge in [0.25, 0.3) is 5.69 Å². The van der Waals surface area contributed by atoms with Gasteiger partial charge >= 0.3 is 0 Å². The van der Waals surface area contributed by atoms with E-state index < -0.39 is 0 Å². The lowest BCUT2D eigenvalue weighted by Crippen LogP contribution is -2.12. The van der Waals surface area contributed by atoms with Crippen molar-refractivity contribution in [3.05, 3.63) is 39.9 Å². The highest BCUT2D eigenvalue weighted by Gasteiger charge is 2.31. The molecule has 16 heavy (non-hydrogen) atoms. The van der Waals surface area contributed by atoms with Gasteiger partial charge < -0.3 is 0 Å². The van der Waals surface area contributed by atoms with Gasteiger partial charge in [-0.1, -0.05) is 0 Å². The van der Waals surface area contributed by atoms with Crippen molar-refractivity contribution in [1.29, 1.82) is 0 Å². The van der Waals surface area contributed by atoms with Crippen LogP contribution in [0, 0.1) is 10.1 Å². The first-order valence-electron chi connectivity index (χ1n) is 5.59. The molecule has 1 aromatic rings. The summed E-state index contributed by atoms with van der Waals surface area (Å²) in [5, 5.41) is 11.1. The number of non-ortho nitro benzene ring substituents is 1. The van der Waals surface area contributed by atoms with Crippen molar-refractivity contribution in [2.75, 3.05) is 11.5 Å². The van der Waals surface area contributed by atoms with Crippen molar-refractivity contribution in [3.8, 4) is 0 Å². The molecule has 1 fully saturated rings. The van der Waals surface area contributed by atoms with Crippen molar-refractivity contribution in [1.82, 2.24) is 0 Å². The van der Waals surface area contributed by atoms with Gasteiger partial charge in [0.2, 0.25) is 0 Å². The third kappa shape index (κ3) is 2.38. The molecule has 1 aliphatic heterocycles. The Bertz CT molecular complexity index is 371. The van der Waals surface area contributed by atoms with Crippen LogP contribution in [0.4, 0.5) is 5.69 Å². The monoisotopic (exact) mass is 238 g/mol. The summed E-state index contributed by atoms with van der Waals surface area (Å²) in [5.41, 5.74) is 1.43. The number of nitro groups is 1. The summed E-state index contributed by atoms with van der Waals surface area (Å²) in [6.45, 7) is 2.25. The molecule has 1 unspecified atom stereocenters. The van der Waals surface area contributed by atoms with E-state index in [1.165, 1.54) is 29.9 Å². The van der Waals surface area contributed by atoms with Gasteiger partial charge in [-0.2, -0.15) is 0 Å². The summed E-state index contributed by atoms with van der Waals surface area (Å²) in [7, 11) is 0.490. The summed E-state index contributed by atoms with van der Waals surface area (Å²) in [6, 6.07) is 7.05. The van der Waals surface area contributed by atoms with Gasteiger partial charge in [-0.3, -0.25) is 10.1 Å². The van der Waals surface area contributed by atoms with Crippen molar-refractivity contribution in [3.63, 3.8) is 0 Å². The predicted octanol–water partition coefficient (Wildman–Crippen LogP) is 3.07. The number of hydrogen-bond donors (Lipinski definition) is 0. The van der Waals surface area contributed by atoms with Gasteiger partial charge in [0.15, 0.2) is 0 Å². The summed E-state index contributed by atoms with van der Waals surface area (Å²) < 4.78 is 0. The van der Waals surface area contributed by atoms with Crippen LogP contribution in [0.5, 0.6) is 0 Å². The zero-order valence-electron chi connectivity index (χ0n) is 9.39. The minimum atomic E-state index is -0.341. The molecule has 0 radical (unpaired) electrons. The van der Waals surface area contributed by atoms with Crippen molar-refractivity contribution < 1.29 is 4.92 Å². The Morgan fingerprint density at radius 1 is 1.25 bits per heavy atom. The van der Waals surface area contributed by atoms with Crippen LogP contribution in [0.2, 0.25) is 0 Å². The molecule has 86 valence electrons. The van der Waals surface area contributed by atoms with E-state index in [4.69, 9.17) is 0 Å². The van der Waals surface area contributed by atoms with Gasteiger partial charge in [0, 0.05) is 17.7 Å². The molecular weight excluding hydrogens is 222 g/mol. The van der Waals surface area contributed by atoms with Crippen LogP contribution in [0.3, 0.4) is 0 Å². The fraction of sp³-hybridized carbons (Fsp3) is 0.500. The second kappa shape index (κ2) is 4.87. The fourth-order valence-electron chi connectivity index (χ4n) is 2.09. The highest BCUT2D eigenvalue weighted by Crippen LogP contribution is 2.30. The number of nitrogens with zero attached hydrogens (tertiary/aromatic N) is 1. The van der Waals surface area contributed by atoms with Crippen LogP contribution >= 0.6 is 0 Å². The molecule has 0 saturated carbocycles. The molecule has 1 aromatic carbocycles. The molecule has 1 saturated heterocycles. The molecular formula is C12H16NO2S+. The van der Waals surface area contributed by atoms with Gasteiger partial charge in [-0.25, -0.2) is 0 Å². The van der Waals surface area contributed by atoms with E-state index in [0.717, 1.165) is 0 Å². The maximum atomic E-state index is 10.5. The lowest BCUT2D eigenvalue weighted by atomic mass is 10.1. The number of hydrogen-bond acceptors (Lipinski definition) is 2. The minimum Gasteiger partial charge on any atom is -0.258 e. The first-order chi connectivity index (χ1) is 7.68. The Morgan fingerprint density at radius 2 is 1.81 bits per heavy atom. The Kier molecular flexibility index (Phi) is 3.49. The summed E-state index contributed by atoms with van der Waals surface area (Å²) in [6.07, 6.45) is 2.70. The molecule has 0 bridgehead atoms. The zero-order valence-corrected chi connectivity index (χ0v) is 10.2. The summed E-state index contributed by atoms with van der Waals surface area (Å²) in [4.78, 5) is 10.2. The molecule has 0 aromatic heterocycles. The smallest absolute Gasteiger partial charge is 0.258 e. The van der Waals surface area contributed by atoms with Gasteiger partial charge in [-0.15, -0.1) is 0 Å². The predicted molar refractivity (Wildman–Crippen MR) is 67.8 cm³/mol. The molecule has 0 spiro atoms. The standard InChI is InChI=1S/C12H16NO2S/c1-10(16-8-2-3-9-16)11-4-6-12(7-5-11)13(14)15/h4-7,10H,2-3,8-9H2,1H3/q+1. The van der Waals surface area contributed by atoms with E-state index in [1.807, 2.05) is 12.1 Å². The molecule has 0 aliphatic carbocycles. The molecule has 1 atom stereocenters. The third-order valence-electron chi connectivity index (χ3n) is 3.14. The minimum absolute atomic E-state index is 0.186. The van der Waals surface area contributed by atoms with E-state index in [0.29, 0.717) is 16.1 Å². The van der Waals surface area contributed by atoms with Crippen LogP contribution in [0.15, 0.2) is 24.3 Å². The number of benzene rings is 1. The molecule has 0 amide bonds. The SMILES string of the molecule is CC(c1ccc([N+](=O)[O-])cc1)[S+]1CCCC1. The molecule has 0 N–H and O–H groups in total. The zero-order chi connectivity index (χ0) is 11.5. The molecule has 3 nitrogen and oxygen atoms in total. The van der Waals surface area contributed by atoms with Gasteiger partial charge in [-0.05, 0) is 42.8 Å². The first kappa shape index (κ1) is 11.5. The van der Waals surface area contributed by atoms with Crippen LogP contribution < -0.4 is 0 Å². The van der Waals surface area contributed by atoms with Gasteiger partial charge in [0.1, 0.15) is 16.8 Å². The van der Waals surface area contributed by atoms with Crippen molar-refractivity contribution in [2.24, 2.45) is 0 Å². The number of nitro benzene ring substituents is 1. The Morgan fingerprint density at radius 3 is 2.31 bits per heavy atom. The van der Waals surface area contributed by atoms with Crippen LogP contribution in [0.25, 0.3) is 0 Å². The van der Waals surface area contributed by atoms with Crippen molar-refractivity contribution in [2.45, 2.75) is 25.0 Å². The normalized spacial score (nSPS) is 18.6. The maximum absolute atomic E-state index is 10.5. The second-order valence-corrected chi connectivity index (χ2v) is 6.74. The maximum Gasteiger partial charge on any atom is 0.269 e. The highest BCUT2D eigenvalue weighted by atomic mass is 32.2. The lowest BCUT2D eigenvalue weighted by molar-refractivity contribution is -0.384. The van der Waals surface area contributed by atoms with Gasteiger partial charge in [0.05, 0.1) is 4.92 Å². The summed E-state index contributed by atoms with van der Waals surface area (Å²) in [5.74, 6) is 2.66. The quantitative estimate of drug-likeness (QED) is 0.461. The highest BCUT2D eigenvalue weighted by molar-refractivity contribution is 7.97. The molecule has 1 aliphatic rings. The molecule has 2 rings (SSSR count). The Balaban J connectivity index is 2.11. The lowest BCUT2D eigenvalue weighted by Gasteiger charge is -2.10. The Hall–Kier alpha value is -1.03. The molecule has 4 heteroatoms. The first-order valence-corrected chi connectivity index (χ1v) is 7.22. The van der Waals surface area contributed by atoms with Crippen LogP contribution in [-0.4, -0.2) is 16.4 Å². The second-order valence-electron chi connectivity index (χ2n) is 4.14. The average molecular weight is 238 g/mol. The van der Waals surface area contributed by atoms with E-state index in [1.54, 1.807) is 12.1 Å².